The smallest absolute Gasteiger partial charge is 0.277 e. The first-order valence-electron chi connectivity index (χ1n) is 7.44. The first kappa shape index (κ1) is 18.9. The van der Waals surface area contributed by atoms with Crippen molar-refractivity contribution < 1.29 is 4.92 Å². The number of hydrogen-bond donors (Lipinski definition) is 1. The van der Waals surface area contributed by atoms with E-state index in [2.05, 4.69) is 11.4 Å². The molecular weight excluding hydrogens is 314 g/mol. The third-order valence-electron chi connectivity index (χ3n) is 3.43. The highest BCUT2D eigenvalue weighted by Gasteiger charge is 2.19. The van der Waals surface area contributed by atoms with Gasteiger partial charge in [0.2, 0.25) is 0 Å². The van der Waals surface area contributed by atoms with E-state index in [4.69, 9.17) is 16.9 Å². The summed E-state index contributed by atoms with van der Waals surface area (Å²) >= 11 is 6.02. The van der Waals surface area contributed by atoms with Gasteiger partial charge in [0.05, 0.1) is 21.9 Å². The largest absolute Gasteiger partial charge is 0.319 e. The zero-order chi connectivity index (χ0) is 17.4. The number of nitrogens with zero attached hydrogens (tertiary/aromatic N) is 2. The van der Waals surface area contributed by atoms with E-state index in [9.17, 15) is 10.1 Å². The van der Waals surface area contributed by atoms with E-state index in [1.807, 2.05) is 20.9 Å². The number of fused-ring (bicyclic) bond motifs is 1. The Morgan fingerprint density at radius 2 is 2.00 bits per heavy atom. The molecule has 0 aliphatic heterocycles. The summed E-state index contributed by atoms with van der Waals surface area (Å²) in [7, 11) is 1.83. The molecular formula is C17H20ClN3O2. The van der Waals surface area contributed by atoms with Gasteiger partial charge < -0.3 is 5.32 Å². The van der Waals surface area contributed by atoms with Crippen LogP contribution in [0.5, 0.6) is 0 Å². The number of nitriles is 1. The molecule has 0 aliphatic carbocycles. The summed E-state index contributed by atoms with van der Waals surface area (Å²) < 4.78 is 0. The molecule has 0 amide bonds. The van der Waals surface area contributed by atoms with Crippen LogP contribution >= 0.6 is 11.6 Å². The van der Waals surface area contributed by atoms with Gasteiger partial charge in [-0.15, -0.1) is 11.6 Å². The van der Waals surface area contributed by atoms with Gasteiger partial charge in [-0.05, 0) is 36.2 Å². The minimum atomic E-state index is -0.411. The Bertz CT molecular complexity index is 726. The Morgan fingerprint density at radius 1 is 1.30 bits per heavy atom. The van der Waals surface area contributed by atoms with Crippen LogP contribution in [-0.2, 0) is 0 Å². The van der Waals surface area contributed by atoms with E-state index in [1.165, 1.54) is 6.07 Å². The zero-order valence-electron chi connectivity index (χ0n) is 13.5. The van der Waals surface area contributed by atoms with E-state index >= 15 is 0 Å². The summed E-state index contributed by atoms with van der Waals surface area (Å²) in [6, 6.07) is 10.2. The topological polar surface area (TPSA) is 79.0 Å². The van der Waals surface area contributed by atoms with Crippen LogP contribution in [0.15, 0.2) is 30.3 Å². The number of benzene rings is 2. The monoisotopic (exact) mass is 333 g/mol. The van der Waals surface area contributed by atoms with Gasteiger partial charge in [0.1, 0.15) is 0 Å². The van der Waals surface area contributed by atoms with Crippen LogP contribution in [0.4, 0.5) is 5.69 Å². The lowest BCUT2D eigenvalue weighted by atomic mass is 9.92. The summed E-state index contributed by atoms with van der Waals surface area (Å²) in [4.78, 5) is 10.7. The molecule has 5 nitrogen and oxygen atoms in total. The maximum absolute atomic E-state index is 11.1. The molecule has 2 rings (SSSR count). The molecule has 0 spiro atoms. The first-order chi connectivity index (χ1) is 11.1. The second-order valence-corrected chi connectivity index (χ2v) is 5.02. The van der Waals surface area contributed by atoms with Crippen molar-refractivity contribution >= 4 is 28.1 Å². The molecule has 1 N–H and O–H groups in total. The molecule has 2 aromatic carbocycles. The Labute approximate surface area is 141 Å². The SMILES string of the molecule is CC.CNCC(CCl)c1ccc([N+](=O)[O-])c2ccc(C#N)cc12. The number of nitro benzene ring substituents is 1. The van der Waals surface area contributed by atoms with Gasteiger partial charge in [0.25, 0.3) is 5.69 Å². The number of nitro groups is 1. The van der Waals surface area contributed by atoms with Crippen LogP contribution in [0, 0.1) is 21.4 Å². The summed E-state index contributed by atoms with van der Waals surface area (Å²) in [6.07, 6.45) is 0. The second kappa shape index (κ2) is 9.09. The molecule has 6 heteroatoms. The number of non-ortho nitro benzene ring substituents is 1. The summed E-state index contributed by atoms with van der Waals surface area (Å²) in [5, 5.41) is 24.5. The standard InChI is InChI=1S/C15H14ClN3O2.C2H6/c1-18-9-11(7-16)12-4-5-15(19(20)21)13-3-2-10(8-17)6-14(12)13;1-2/h2-6,11,18H,7,9H2,1H3;1-2H3. The number of likely N-dealkylation sites (N-methyl/N-ethyl adjacent to an activating group) is 1. The lowest BCUT2D eigenvalue weighted by molar-refractivity contribution is -0.383. The molecule has 1 unspecified atom stereocenters. The number of halogens is 1. The third-order valence-corrected chi connectivity index (χ3v) is 3.80. The maximum Gasteiger partial charge on any atom is 0.277 e. The Hall–Kier alpha value is -2.16. The van der Waals surface area contributed by atoms with Gasteiger partial charge in [0, 0.05) is 24.4 Å². The van der Waals surface area contributed by atoms with Crippen LogP contribution in [0.3, 0.4) is 0 Å². The van der Waals surface area contributed by atoms with Crippen molar-refractivity contribution in [2.45, 2.75) is 19.8 Å². The van der Waals surface area contributed by atoms with E-state index in [1.54, 1.807) is 24.3 Å². The molecule has 0 radical (unpaired) electrons. The predicted molar refractivity (Wildman–Crippen MR) is 94.1 cm³/mol. The minimum Gasteiger partial charge on any atom is -0.319 e. The van der Waals surface area contributed by atoms with Crippen molar-refractivity contribution in [1.82, 2.24) is 5.32 Å². The third kappa shape index (κ3) is 4.19. The van der Waals surface area contributed by atoms with Crippen LogP contribution in [0.25, 0.3) is 10.8 Å². The van der Waals surface area contributed by atoms with Crippen molar-refractivity contribution in [2.75, 3.05) is 19.5 Å². The highest BCUT2D eigenvalue weighted by Crippen LogP contribution is 2.33. The molecule has 23 heavy (non-hydrogen) atoms. The summed E-state index contributed by atoms with van der Waals surface area (Å²) in [5.74, 6) is 0.416. The van der Waals surface area contributed by atoms with Gasteiger partial charge in [0.15, 0.2) is 0 Å². The van der Waals surface area contributed by atoms with Gasteiger partial charge in [-0.1, -0.05) is 19.9 Å². The van der Waals surface area contributed by atoms with Crippen LogP contribution in [0.2, 0.25) is 0 Å². The molecule has 122 valence electrons. The number of alkyl halides is 1. The average Bonchev–Trinajstić information content (AvgIpc) is 2.60. The lowest BCUT2D eigenvalue weighted by Gasteiger charge is -2.16. The molecule has 0 saturated heterocycles. The molecule has 1 atom stereocenters. The maximum atomic E-state index is 11.1. The number of rotatable bonds is 5. The quantitative estimate of drug-likeness (QED) is 0.505. The molecule has 2 aromatic rings. The van der Waals surface area contributed by atoms with E-state index in [-0.39, 0.29) is 11.6 Å². The summed E-state index contributed by atoms with van der Waals surface area (Å²) in [5.41, 5.74) is 1.43. The molecule has 0 aliphatic rings. The van der Waals surface area contributed by atoms with Gasteiger partial charge in [-0.25, -0.2) is 0 Å². The van der Waals surface area contributed by atoms with Gasteiger partial charge >= 0.3 is 0 Å². The number of nitrogens with one attached hydrogen (secondary N) is 1. The predicted octanol–water partition coefficient (Wildman–Crippen LogP) is 4.19. The van der Waals surface area contributed by atoms with Crippen molar-refractivity contribution in [3.05, 3.63) is 51.6 Å². The van der Waals surface area contributed by atoms with Crippen LogP contribution in [-0.4, -0.2) is 24.4 Å². The average molecular weight is 334 g/mol. The number of hydrogen-bond acceptors (Lipinski definition) is 4. The Kier molecular flexibility index (Phi) is 7.46. The Morgan fingerprint density at radius 3 is 2.52 bits per heavy atom. The van der Waals surface area contributed by atoms with Crippen molar-refractivity contribution in [1.29, 1.82) is 5.26 Å². The van der Waals surface area contributed by atoms with E-state index < -0.39 is 4.92 Å². The van der Waals surface area contributed by atoms with Crippen molar-refractivity contribution in [3.63, 3.8) is 0 Å². The fourth-order valence-electron chi connectivity index (χ4n) is 2.43. The molecule has 0 fully saturated rings. The minimum absolute atomic E-state index is 0.0221. The highest BCUT2D eigenvalue weighted by molar-refractivity contribution is 6.18. The Balaban J connectivity index is 0.00000127. The fourth-order valence-corrected chi connectivity index (χ4v) is 2.71. The highest BCUT2D eigenvalue weighted by atomic mass is 35.5. The summed E-state index contributed by atoms with van der Waals surface area (Å²) in [6.45, 7) is 4.66. The molecule has 0 aromatic heterocycles. The second-order valence-electron chi connectivity index (χ2n) is 4.71. The first-order valence-corrected chi connectivity index (χ1v) is 7.97. The normalized spacial score (nSPS) is 11.3. The van der Waals surface area contributed by atoms with Crippen LogP contribution < -0.4 is 5.32 Å². The van der Waals surface area contributed by atoms with Gasteiger partial charge in [-0.2, -0.15) is 5.26 Å². The van der Waals surface area contributed by atoms with Crippen molar-refractivity contribution in [3.8, 4) is 6.07 Å². The lowest BCUT2D eigenvalue weighted by Crippen LogP contribution is -2.18. The zero-order valence-corrected chi connectivity index (χ0v) is 14.2. The van der Waals surface area contributed by atoms with Crippen molar-refractivity contribution in [2.24, 2.45) is 0 Å². The fraction of sp³-hybridized carbons (Fsp3) is 0.353. The van der Waals surface area contributed by atoms with E-state index in [0.29, 0.717) is 28.8 Å². The molecule has 0 saturated carbocycles. The van der Waals surface area contributed by atoms with Gasteiger partial charge in [-0.3, -0.25) is 10.1 Å². The molecule has 0 heterocycles. The molecule has 0 bridgehead atoms. The van der Waals surface area contributed by atoms with Crippen LogP contribution in [0.1, 0.15) is 30.9 Å². The van der Waals surface area contributed by atoms with E-state index in [0.717, 1.165) is 5.56 Å².